The summed E-state index contributed by atoms with van der Waals surface area (Å²) in [6.07, 6.45) is 1.51. The molecule has 2 N–H and O–H groups in total. The molecule has 0 radical (unpaired) electrons. The lowest BCUT2D eigenvalue weighted by atomic mass is 10.1. The number of carbonyl (C=O) groups is 3. The Labute approximate surface area is 183 Å². The van der Waals surface area contributed by atoms with Gasteiger partial charge in [0.2, 0.25) is 0 Å². The lowest BCUT2D eigenvalue weighted by Crippen LogP contribution is -2.43. The summed E-state index contributed by atoms with van der Waals surface area (Å²) in [5.74, 6) is -1.73. The molecule has 0 heterocycles. The van der Waals surface area contributed by atoms with Crippen molar-refractivity contribution in [2.24, 2.45) is 0 Å². The second-order valence-electron chi connectivity index (χ2n) is 7.86. The van der Waals surface area contributed by atoms with Crippen molar-refractivity contribution in [3.05, 3.63) is 47.5 Å². The fraction of sp³-hybridized carbons (Fsp3) is 0.522. The van der Waals surface area contributed by atoms with Gasteiger partial charge in [-0.25, -0.2) is 14.4 Å². The van der Waals surface area contributed by atoms with E-state index in [1.807, 2.05) is 30.3 Å². The van der Waals surface area contributed by atoms with Crippen LogP contribution in [0.15, 0.2) is 42.0 Å². The molecule has 31 heavy (non-hydrogen) atoms. The highest BCUT2D eigenvalue weighted by atomic mass is 16.6. The van der Waals surface area contributed by atoms with Gasteiger partial charge in [0.25, 0.3) is 0 Å². The molecule has 0 bridgehead atoms. The van der Waals surface area contributed by atoms with Crippen LogP contribution in [0, 0.1) is 0 Å². The molecule has 8 heteroatoms. The molecule has 1 aromatic rings. The van der Waals surface area contributed by atoms with Crippen LogP contribution < -0.4 is 5.32 Å². The van der Waals surface area contributed by atoms with Crippen molar-refractivity contribution < 1.29 is 33.7 Å². The van der Waals surface area contributed by atoms with Gasteiger partial charge in [-0.3, -0.25) is 0 Å². The molecule has 0 saturated heterocycles. The quantitative estimate of drug-likeness (QED) is 0.291. The Morgan fingerprint density at radius 3 is 2.42 bits per heavy atom. The van der Waals surface area contributed by atoms with Crippen molar-refractivity contribution in [2.45, 2.75) is 65.2 Å². The van der Waals surface area contributed by atoms with Crippen molar-refractivity contribution >= 4 is 18.0 Å². The molecular weight excluding hydrogens is 402 g/mol. The number of ether oxygens (including phenoxy) is 3. The molecule has 8 nitrogen and oxygen atoms in total. The van der Waals surface area contributed by atoms with Crippen LogP contribution in [-0.2, 0) is 30.4 Å². The summed E-state index contributed by atoms with van der Waals surface area (Å²) in [4.78, 5) is 35.6. The summed E-state index contributed by atoms with van der Waals surface area (Å²) in [5.41, 5.74) is 0.655. The molecular formula is C23H33NO7. The average molecular weight is 436 g/mol. The summed E-state index contributed by atoms with van der Waals surface area (Å²) < 4.78 is 15.8. The van der Waals surface area contributed by atoms with Gasteiger partial charge in [-0.15, -0.1) is 0 Å². The van der Waals surface area contributed by atoms with Gasteiger partial charge in [0.05, 0.1) is 13.2 Å². The van der Waals surface area contributed by atoms with Crippen LogP contribution >= 0.6 is 0 Å². The van der Waals surface area contributed by atoms with Crippen molar-refractivity contribution in [3.8, 4) is 0 Å². The van der Waals surface area contributed by atoms with Gasteiger partial charge in [-0.2, -0.15) is 0 Å². The topological polar surface area (TPSA) is 111 Å². The number of hydrogen-bond acceptors (Lipinski definition) is 6. The molecule has 0 aromatic heterocycles. The van der Waals surface area contributed by atoms with E-state index in [0.717, 1.165) is 5.56 Å². The molecule has 1 amide bonds. The Morgan fingerprint density at radius 1 is 1.16 bits per heavy atom. The number of hydrogen-bond donors (Lipinski definition) is 2. The first-order chi connectivity index (χ1) is 14.6. The lowest BCUT2D eigenvalue weighted by Gasteiger charge is -2.21. The first-order valence-corrected chi connectivity index (χ1v) is 10.3. The molecule has 0 fully saturated rings. The number of aliphatic carboxylic acids is 1. The maximum absolute atomic E-state index is 12.2. The lowest BCUT2D eigenvalue weighted by molar-refractivity contribution is -0.140. The number of carboxylic acids is 1. The zero-order valence-corrected chi connectivity index (χ0v) is 18.7. The van der Waals surface area contributed by atoms with Crippen LogP contribution in [0.2, 0.25) is 0 Å². The third-order valence-electron chi connectivity index (χ3n) is 3.97. The summed E-state index contributed by atoms with van der Waals surface area (Å²) >= 11 is 0. The Hall–Kier alpha value is -2.87. The Morgan fingerprint density at radius 2 is 1.84 bits per heavy atom. The van der Waals surface area contributed by atoms with Gasteiger partial charge in [0.1, 0.15) is 11.6 Å². The van der Waals surface area contributed by atoms with E-state index in [9.17, 15) is 19.5 Å². The second-order valence-corrected chi connectivity index (χ2v) is 7.86. The number of alkyl carbamates (subject to hydrolysis) is 1. The van der Waals surface area contributed by atoms with Gasteiger partial charge >= 0.3 is 18.0 Å². The minimum atomic E-state index is -1.23. The molecule has 0 aliphatic carbocycles. The molecule has 0 aliphatic rings. The number of amides is 1. The van der Waals surface area contributed by atoms with E-state index in [-0.39, 0.29) is 13.0 Å². The number of esters is 1. The highest BCUT2D eigenvalue weighted by Crippen LogP contribution is 2.13. The fourth-order valence-electron chi connectivity index (χ4n) is 2.57. The number of benzene rings is 1. The van der Waals surface area contributed by atoms with E-state index in [1.165, 1.54) is 6.08 Å². The maximum atomic E-state index is 12.2. The van der Waals surface area contributed by atoms with Gasteiger partial charge in [-0.05, 0) is 52.5 Å². The first-order valence-electron chi connectivity index (χ1n) is 10.3. The van der Waals surface area contributed by atoms with Crippen LogP contribution in [0.4, 0.5) is 4.79 Å². The largest absolute Gasteiger partial charge is 0.480 e. The summed E-state index contributed by atoms with van der Waals surface area (Å²) in [5, 5.41) is 11.7. The van der Waals surface area contributed by atoms with Crippen LogP contribution in [0.3, 0.4) is 0 Å². The zero-order valence-electron chi connectivity index (χ0n) is 18.7. The zero-order chi connectivity index (χ0) is 23.3. The van der Waals surface area contributed by atoms with Crippen molar-refractivity contribution in [1.82, 2.24) is 5.32 Å². The standard InChI is InChI=1S/C23H33NO7/c1-5-30-21(27)18(12-9-15-29-16-17-10-7-6-8-11-17)13-14-19(20(25)26)24-22(28)31-23(2,3)4/h6-8,10-11,13,19H,5,9,12,14-16H2,1-4H3,(H,24,28)(H,25,26)/b18-13-/t19-/m0/s1. The Kier molecular flexibility index (Phi) is 11.3. The fourth-order valence-corrected chi connectivity index (χ4v) is 2.57. The molecule has 1 atom stereocenters. The third kappa shape index (κ3) is 11.8. The summed E-state index contributed by atoms with van der Waals surface area (Å²) in [7, 11) is 0. The number of nitrogens with one attached hydrogen (secondary N) is 1. The smallest absolute Gasteiger partial charge is 0.408 e. The SMILES string of the molecule is CCOC(=O)/C(=C\C[C@H](NC(=O)OC(C)(C)C)C(=O)O)CCCOCc1ccccc1. The van der Waals surface area contributed by atoms with Crippen LogP contribution in [0.5, 0.6) is 0 Å². The van der Waals surface area contributed by atoms with E-state index in [2.05, 4.69) is 5.32 Å². The van der Waals surface area contributed by atoms with Gasteiger partial charge in [0.15, 0.2) is 0 Å². The van der Waals surface area contributed by atoms with Crippen LogP contribution in [-0.4, -0.2) is 48.0 Å². The minimum absolute atomic E-state index is 0.0758. The maximum Gasteiger partial charge on any atom is 0.408 e. The van der Waals surface area contributed by atoms with Crippen molar-refractivity contribution in [1.29, 1.82) is 0 Å². The summed E-state index contributed by atoms with van der Waals surface area (Å²) in [6, 6.07) is 8.51. The van der Waals surface area contributed by atoms with Gasteiger partial charge < -0.3 is 24.6 Å². The third-order valence-corrected chi connectivity index (χ3v) is 3.97. The second kappa shape index (κ2) is 13.4. The van der Waals surface area contributed by atoms with E-state index < -0.39 is 29.7 Å². The molecule has 1 rings (SSSR count). The van der Waals surface area contributed by atoms with Crippen LogP contribution in [0.1, 0.15) is 52.5 Å². The van der Waals surface area contributed by atoms with E-state index >= 15 is 0 Å². The molecule has 1 aromatic carbocycles. The average Bonchev–Trinajstić information content (AvgIpc) is 2.68. The molecule has 172 valence electrons. The molecule has 0 aliphatic heterocycles. The highest BCUT2D eigenvalue weighted by Gasteiger charge is 2.24. The predicted molar refractivity (Wildman–Crippen MR) is 115 cm³/mol. The van der Waals surface area contributed by atoms with E-state index in [0.29, 0.717) is 31.6 Å². The Bertz CT molecular complexity index is 738. The number of carbonyl (C=O) groups excluding carboxylic acids is 2. The predicted octanol–water partition coefficient (Wildman–Crippen LogP) is 3.84. The minimum Gasteiger partial charge on any atom is -0.480 e. The molecule has 0 spiro atoms. The number of carboxylic acid groups (broad SMARTS) is 1. The van der Waals surface area contributed by atoms with Crippen molar-refractivity contribution in [2.75, 3.05) is 13.2 Å². The monoisotopic (exact) mass is 435 g/mol. The van der Waals surface area contributed by atoms with Gasteiger partial charge in [-0.1, -0.05) is 36.4 Å². The van der Waals surface area contributed by atoms with E-state index in [1.54, 1.807) is 27.7 Å². The summed E-state index contributed by atoms with van der Waals surface area (Å²) in [6.45, 7) is 7.86. The van der Waals surface area contributed by atoms with Gasteiger partial charge in [0, 0.05) is 12.2 Å². The van der Waals surface area contributed by atoms with E-state index in [4.69, 9.17) is 14.2 Å². The molecule has 0 saturated carbocycles. The van der Waals surface area contributed by atoms with Crippen LogP contribution in [0.25, 0.3) is 0 Å². The number of rotatable bonds is 12. The highest BCUT2D eigenvalue weighted by molar-refractivity contribution is 5.88. The molecule has 0 unspecified atom stereocenters. The normalized spacial score (nSPS) is 12.7. The Balaban J connectivity index is 2.64. The first kappa shape index (κ1) is 26.2. The van der Waals surface area contributed by atoms with Crippen molar-refractivity contribution in [3.63, 3.8) is 0 Å².